The van der Waals surface area contributed by atoms with Gasteiger partial charge in [-0.3, -0.25) is 13.8 Å². The van der Waals surface area contributed by atoms with E-state index in [0.29, 0.717) is 4.90 Å². The zero-order valence-electron chi connectivity index (χ0n) is 15.4. The van der Waals surface area contributed by atoms with E-state index in [1.165, 1.54) is 0 Å². The molecule has 2 unspecified atom stereocenters. The first-order valence-electron chi connectivity index (χ1n) is 8.15. The molecule has 0 heterocycles. The molecule has 0 bridgehead atoms. The Kier molecular flexibility index (Phi) is 7.17. The summed E-state index contributed by atoms with van der Waals surface area (Å²) in [5.74, 6) is 0.329. The molecule has 0 aromatic heterocycles. The third-order valence-corrected chi connectivity index (χ3v) is 5.44. The molecule has 0 aliphatic heterocycles. The average Bonchev–Trinajstić information content (AvgIpc) is 2.67. The van der Waals surface area contributed by atoms with Crippen LogP contribution >= 0.6 is 0 Å². The average molecular weight is 376 g/mol. The van der Waals surface area contributed by atoms with E-state index in [2.05, 4.69) is 5.48 Å². The van der Waals surface area contributed by atoms with Crippen molar-refractivity contribution in [2.45, 2.75) is 23.7 Å². The van der Waals surface area contributed by atoms with E-state index >= 15 is 0 Å². The lowest BCUT2D eigenvalue weighted by Crippen LogP contribution is -2.35. The van der Waals surface area contributed by atoms with Gasteiger partial charge < -0.3 is 9.64 Å². The van der Waals surface area contributed by atoms with E-state index in [1.54, 1.807) is 26.2 Å². The van der Waals surface area contributed by atoms with Crippen molar-refractivity contribution in [2.75, 3.05) is 26.1 Å². The van der Waals surface area contributed by atoms with E-state index in [4.69, 9.17) is 9.57 Å². The molecule has 2 rings (SSSR count). The van der Waals surface area contributed by atoms with E-state index in [0.717, 1.165) is 17.0 Å². The van der Waals surface area contributed by atoms with E-state index in [9.17, 15) is 9.00 Å². The number of ether oxygens (including phenoxy) is 1. The fourth-order valence-electron chi connectivity index (χ4n) is 2.18. The van der Waals surface area contributed by atoms with Crippen LogP contribution in [0.15, 0.2) is 53.4 Å². The first kappa shape index (κ1) is 19.9. The predicted molar refractivity (Wildman–Crippen MR) is 103 cm³/mol. The highest BCUT2D eigenvalue weighted by molar-refractivity contribution is 7.86. The van der Waals surface area contributed by atoms with Gasteiger partial charge in [0.1, 0.15) is 11.0 Å². The van der Waals surface area contributed by atoms with Crippen LogP contribution in [-0.4, -0.2) is 36.6 Å². The molecule has 0 aliphatic rings. The van der Waals surface area contributed by atoms with Crippen LogP contribution in [0, 0.1) is 0 Å². The van der Waals surface area contributed by atoms with Crippen LogP contribution in [0.5, 0.6) is 5.75 Å². The molecule has 2 aromatic rings. The van der Waals surface area contributed by atoms with Gasteiger partial charge in [0.25, 0.3) is 5.91 Å². The quantitative estimate of drug-likeness (QED) is 0.717. The molecule has 0 aliphatic carbocycles. The predicted octanol–water partition coefficient (Wildman–Crippen LogP) is 2.51. The minimum absolute atomic E-state index is 0.215. The molecule has 0 radical (unpaired) electrons. The summed E-state index contributed by atoms with van der Waals surface area (Å²) in [4.78, 5) is 20.0. The Morgan fingerprint density at radius 3 is 2.27 bits per heavy atom. The Hall–Kier alpha value is -2.38. The molecule has 0 saturated heterocycles. The molecule has 0 fully saturated rings. The van der Waals surface area contributed by atoms with Crippen molar-refractivity contribution in [3.8, 4) is 5.75 Å². The van der Waals surface area contributed by atoms with Gasteiger partial charge in [0.15, 0.2) is 0 Å². The third-order valence-electron chi connectivity index (χ3n) is 3.85. The van der Waals surface area contributed by atoms with Gasteiger partial charge in [-0.25, -0.2) is 5.48 Å². The number of carbonyl (C=O) groups is 1. The van der Waals surface area contributed by atoms with Crippen molar-refractivity contribution in [3.05, 3.63) is 54.1 Å². The minimum atomic E-state index is -1.46. The zero-order valence-corrected chi connectivity index (χ0v) is 16.2. The Bertz CT molecular complexity index is 745. The van der Waals surface area contributed by atoms with Crippen LogP contribution < -0.4 is 15.1 Å². The first-order chi connectivity index (χ1) is 12.4. The SMILES string of the molecule is COc1ccc(CONC(=O)C(C)S(=O)c2ccc(N(C)C)cc2)cc1. The lowest BCUT2D eigenvalue weighted by Gasteiger charge is -2.15. The van der Waals surface area contributed by atoms with E-state index in [-0.39, 0.29) is 6.61 Å². The van der Waals surface area contributed by atoms with Crippen molar-refractivity contribution in [1.82, 2.24) is 5.48 Å². The van der Waals surface area contributed by atoms with Crippen LogP contribution in [0.4, 0.5) is 5.69 Å². The Morgan fingerprint density at radius 1 is 1.12 bits per heavy atom. The van der Waals surface area contributed by atoms with Crippen molar-refractivity contribution >= 4 is 22.4 Å². The number of nitrogens with one attached hydrogen (secondary N) is 1. The summed E-state index contributed by atoms with van der Waals surface area (Å²) in [5.41, 5.74) is 4.26. The van der Waals surface area contributed by atoms with E-state index < -0.39 is 22.0 Å². The molecule has 7 heteroatoms. The van der Waals surface area contributed by atoms with Gasteiger partial charge in [-0.1, -0.05) is 12.1 Å². The topological polar surface area (TPSA) is 67.9 Å². The monoisotopic (exact) mass is 376 g/mol. The number of anilines is 1. The maximum absolute atomic E-state index is 12.5. The van der Waals surface area contributed by atoms with Crippen LogP contribution in [-0.2, 0) is 27.0 Å². The summed E-state index contributed by atoms with van der Waals surface area (Å²) in [5, 5.41) is -0.726. The molecule has 0 saturated carbocycles. The lowest BCUT2D eigenvalue weighted by atomic mass is 10.2. The van der Waals surface area contributed by atoms with Crippen molar-refractivity contribution in [3.63, 3.8) is 0 Å². The molecule has 26 heavy (non-hydrogen) atoms. The number of benzene rings is 2. The van der Waals surface area contributed by atoms with Gasteiger partial charge in [-0.2, -0.15) is 0 Å². The van der Waals surface area contributed by atoms with Gasteiger partial charge in [-0.15, -0.1) is 0 Å². The van der Waals surface area contributed by atoms with E-state index in [1.807, 2.05) is 55.4 Å². The fourth-order valence-corrected chi connectivity index (χ4v) is 3.23. The highest BCUT2D eigenvalue weighted by Crippen LogP contribution is 2.17. The second-order valence-electron chi connectivity index (χ2n) is 5.93. The number of nitrogens with zero attached hydrogens (tertiary/aromatic N) is 1. The van der Waals surface area contributed by atoms with Crippen LogP contribution in [0.3, 0.4) is 0 Å². The number of hydrogen-bond acceptors (Lipinski definition) is 5. The van der Waals surface area contributed by atoms with Crippen molar-refractivity contribution in [1.29, 1.82) is 0 Å². The highest BCUT2D eigenvalue weighted by atomic mass is 32.2. The second kappa shape index (κ2) is 9.35. The molecular formula is C19H24N2O4S. The number of hydrogen-bond donors (Lipinski definition) is 1. The van der Waals surface area contributed by atoms with Gasteiger partial charge in [0.05, 0.1) is 24.5 Å². The van der Waals surface area contributed by atoms with Crippen molar-refractivity contribution in [2.24, 2.45) is 0 Å². The second-order valence-corrected chi connectivity index (χ2v) is 7.70. The molecular weight excluding hydrogens is 352 g/mol. The molecule has 140 valence electrons. The van der Waals surface area contributed by atoms with Gasteiger partial charge in [-0.05, 0) is 48.9 Å². The fraction of sp³-hybridized carbons (Fsp3) is 0.316. The molecule has 1 amide bonds. The highest BCUT2D eigenvalue weighted by Gasteiger charge is 2.21. The first-order valence-corrected chi connectivity index (χ1v) is 9.36. The van der Waals surface area contributed by atoms with Crippen molar-refractivity contribution < 1.29 is 18.6 Å². The third kappa shape index (κ3) is 5.31. The smallest absolute Gasteiger partial charge is 0.259 e. The number of methoxy groups -OCH3 is 1. The molecule has 2 atom stereocenters. The Balaban J connectivity index is 1.86. The maximum atomic E-state index is 12.5. The summed E-state index contributed by atoms with van der Waals surface area (Å²) < 4.78 is 17.6. The number of rotatable bonds is 8. The Labute approximate surface area is 156 Å². The summed E-state index contributed by atoms with van der Waals surface area (Å²) >= 11 is 0. The molecule has 0 spiro atoms. The number of carbonyl (C=O) groups excluding carboxylic acids is 1. The zero-order chi connectivity index (χ0) is 19.1. The van der Waals surface area contributed by atoms with Crippen LogP contribution in [0.2, 0.25) is 0 Å². The summed E-state index contributed by atoms with van der Waals surface area (Å²) in [7, 11) is 4.00. The van der Waals surface area contributed by atoms with Gasteiger partial charge >= 0.3 is 0 Å². The minimum Gasteiger partial charge on any atom is -0.497 e. The lowest BCUT2D eigenvalue weighted by molar-refractivity contribution is -0.133. The summed E-state index contributed by atoms with van der Waals surface area (Å²) in [6.45, 7) is 1.83. The van der Waals surface area contributed by atoms with Crippen LogP contribution in [0.1, 0.15) is 12.5 Å². The molecule has 2 aromatic carbocycles. The standard InChI is InChI=1S/C19H24N2O4S/c1-14(26(23)18-11-7-16(8-12-18)21(2)3)19(22)20-25-13-15-5-9-17(24-4)10-6-15/h5-12,14H,13H2,1-4H3,(H,20,22). The maximum Gasteiger partial charge on any atom is 0.259 e. The summed E-state index contributed by atoms with van der Waals surface area (Å²) in [6.07, 6.45) is 0. The normalized spacial score (nSPS) is 12.9. The number of amides is 1. The van der Waals surface area contributed by atoms with Crippen LogP contribution in [0.25, 0.3) is 0 Å². The number of hydroxylamine groups is 1. The largest absolute Gasteiger partial charge is 0.497 e. The van der Waals surface area contributed by atoms with Gasteiger partial charge in [0.2, 0.25) is 0 Å². The Morgan fingerprint density at radius 2 is 1.73 bits per heavy atom. The molecule has 1 N–H and O–H groups in total. The molecule has 6 nitrogen and oxygen atoms in total. The van der Waals surface area contributed by atoms with Gasteiger partial charge in [0, 0.05) is 24.7 Å². The summed E-state index contributed by atoms with van der Waals surface area (Å²) in [6, 6.07) is 14.6.